The van der Waals surface area contributed by atoms with Crippen molar-refractivity contribution in [1.29, 1.82) is 0 Å². The van der Waals surface area contributed by atoms with Crippen LogP contribution in [-0.4, -0.2) is 34.0 Å². The molecule has 0 saturated heterocycles. The van der Waals surface area contributed by atoms with E-state index in [4.69, 9.17) is 5.11 Å². The molecule has 0 aliphatic heterocycles. The van der Waals surface area contributed by atoms with Crippen LogP contribution < -0.4 is 0 Å². The molecule has 0 fully saturated rings. The standard InChI is InChI=1S/C14H22N2O2/c1-11(2)8-16(9-12(3)14(17)18)10-13-5-4-6-15-7-13/h4-7,11-12H,8-10H2,1-3H3,(H,17,18). The minimum Gasteiger partial charge on any atom is -0.481 e. The van der Waals surface area contributed by atoms with Gasteiger partial charge in [0.15, 0.2) is 0 Å². The third-order valence-corrected chi connectivity index (χ3v) is 2.71. The normalized spacial score (nSPS) is 12.9. The van der Waals surface area contributed by atoms with Crippen molar-refractivity contribution in [3.63, 3.8) is 0 Å². The van der Waals surface area contributed by atoms with Crippen LogP contribution in [0.5, 0.6) is 0 Å². The largest absolute Gasteiger partial charge is 0.481 e. The summed E-state index contributed by atoms with van der Waals surface area (Å²) in [5.74, 6) is -0.571. The van der Waals surface area contributed by atoms with Gasteiger partial charge in [-0.15, -0.1) is 0 Å². The highest BCUT2D eigenvalue weighted by atomic mass is 16.4. The maximum Gasteiger partial charge on any atom is 0.307 e. The van der Waals surface area contributed by atoms with E-state index in [0.717, 1.165) is 18.7 Å². The zero-order valence-corrected chi connectivity index (χ0v) is 11.3. The Balaban J connectivity index is 2.63. The molecule has 0 amide bonds. The number of aliphatic carboxylic acids is 1. The van der Waals surface area contributed by atoms with Gasteiger partial charge >= 0.3 is 5.97 Å². The summed E-state index contributed by atoms with van der Waals surface area (Å²) in [6, 6.07) is 3.93. The van der Waals surface area contributed by atoms with Gasteiger partial charge in [-0.1, -0.05) is 26.8 Å². The average Bonchev–Trinajstić information content (AvgIpc) is 2.29. The van der Waals surface area contributed by atoms with Gasteiger partial charge in [0.25, 0.3) is 0 Å². The number of pyridine rings is 1. The van der Waals surface area contributed by atoms with Crippen molar-refractivity contribution in [2.45, 2.75) is 27.3 Å². The third-order valence-electron chi connectivity index (χ3n) is 2.71. The quantitative estimate of drug-likeness (QED) is 0.806. The molecule has 0 aliphatic rings. The molecule has 0 aromatic carbocycles. The number of carbonyl (C=O) groups is 1. The number of carboxylic acids is 1. The van der Waals surface area contributed by atoms with E-state index >= 15 is 0 Å². The Morgan fingerprint density at radius 3 is 2.61 bits per heavy atom. The molecule has 1 N–H and O–H groups in total. The van der Waals surface area contributed by atoms with E-state index in [0.29, 0.717) is 12.5 Å². The van der Waals surface area contributed by atoms with Gasteiger partial charge in [-0.25, -0.2) is 0 Å². The summed E-state index contributed by atoms with van der Waals surface area (Å²) in [6.45, 7) is 8.25. The van der Waals surface area contributed by atoms with Crippen molar-refractivity contribution in [2.24, 2.45) is 11.8 Å². The second-order valence-corrected chi connectivity index (χ2v) is 5.19. The summed E-state index contributed by atoms with van der Waals surface area (Å²) in [5.41, 5.74) is 1.12. The van der Waals surface area contributed by atoms with Crippen LogP contribution in [0.2, 0.25) is 0 Å². The van der Waals surface area contributed by atoms with E-state index in [2.05, 4.69) is 23.7 Å². The van der Waals surface area contributed by atoms with Crippen LogP contribution in [0, 0.1) is 11.8 Å². The lowest BCUT2D eigenvalue weighted by Crippen LogP contribution is -2.34. The predicted octanol–water partition coefficient (Wildman–Crippen LogP) is 2.26. The van der Waals surface area contributed by atoms with Crippen molar-refractivity contribution in [1.82, 2.24) is 9.88 Å². The van der Waals surface area contributed by atoms with Gasteiger partial charge in [-0.2, -0.15) is 0 Å². The lowest BCUT2D eigenvalue weighted by Gasteiger charge is -2.25. The maximum atomic E-state index is 10.9. The number of carboxylic acid groups (broad SMARTS) is 1. The first-order valence-corrected chi connectivity index (χ1v) is 6.33. The highest BCUT2D eigenvalue weighted by Crippen LogP contribution is 2.09. The van der Waals surface area contributed by atoms with Gasteiger partial charge in [-0.05, 0) is 17.5 Å². The summed E-state index contributed by atoms with van der Waals surface area (Å²) in [5, 5.41) is 8.99. The Kier molecular flexibility index (Phi) is 5.78. The molecule has 1 aromatic rings. The number of hydrogen-bond acceptors (Lipinski definition) is 3. The Bertz CT molecular complexity index is 365. The van der Waals surface area contributed by atoms with Gasteiger partial charge in [0.1, 0.15) is 0 Å². The molecule has 1 unspecified atom stereocenters. The molecule has 0 bridgehead atoms. The van der Waals surface area contributed by atoms with E-state index in [9.17, 15) is 4.79 Å². The van der Waals surface area contributed by atoms with Gasteiger partial charge in [0.05, 0.1) is 5.92 Å². The molecule has 4 heteroatoms. The van der Waals surface area contributed by atoms with E-state index in [1.165, 1.54) is 0 Å². The van der Waals surface area contributed by atoms with Crippen LogP contribution in [0.15, 0.2) is 24.5 Å². The van der Waals surface area contributed by atoms with Crippen LogP contribution in [-0.2, 0) is 11.3 Å². The minimum atomic E-state index is -0.741. The minimum absolute atomic E-state index is 0.347. The van der Waals surface area contributed by atoms with E-state index in [-0.39, 0.29) is 5.92 Å². The van der Waals surface area contributed by atoms with E-state index in [1.54, 1.807) is 13.1 Å². The van der Waals surface area contributed by atoms with Crippen LogP contribution in [0.25, 0.3) is 0 Å². The smallest absolute Gasteiger partial charge is 0.307 e. The second kappa shape index (κ2) is 7.11. The highest BCUT2D eigenvalue weighted by Gasteiger charge is 2.17. The van der Waals surface area contributed by atoms with Gasteiger partial charge in [-0.3, -0.25) is 14.7 Å². The summed E-state index contributed by atoms with van der Waals surface area (Å²) in [7, 11) is 0. The molecule has 0 aliphatic carbocycles. The lowest BCUT2D eigenvalue weighted by molar-refractivity contribution is -0.141. The summed E-state index contributed by atoms with van der Waals surface area (Å²) >= 11 is 0. The monoisotopic (exact) mass is 250 g/mol. The Hall–Kier alpha value is -1.42. The fourth-order valence-electron chi connectivity index (χ4n) is 1.94. The van der Waals surface area contributed by atoms with Crippen molar-refractivity contribution >= 4 is 5.97 Å². The number of rotatable bonds is 7. The molecular formula is C14H22N2O2. The van der Waals surface area contributed by atoms with Crippen LogP contribution in [0.4, 0.5) is 0 Å². The van der Waals surface area contributed by atoms with Crippen LogP contribution >= 0.6 is 0 Å². The Labute approximate surface area is 109 Å². The predicted molar refractivity (Wildman–Crippen MR) is 71.2 cm³/mol. The molecule has 0 saturated carbocycles. The van der Waals surface area contributed by atoms with Crippen molar-refractivity contribution < 1.29 is 9.90 Å². The average molecular weight is 250 g/mol. The lowest BCUT2D eigenvalue weighted by atomic mass is 10.1. The first-order valence-electron chi connectivity index (χ1n) is 6.33. The zero-order chi connectivity index (χ0) is 13.5. The Morgan fingerprint density at radius 2 is 2.11 bits per heavy atom. The van der Waals surface area contributed by atoms with E-state index < -0.39 is 5.97 Å². The fraction of sp³-hybridized carbons (Fsp3) is 0.571. The second-order valence-electron chi connectivity index (χ2n) is 5.19. The van der Waals surface area contributed by atoms with Gasteiger partial charge in [0, 0.05) is 32.0 Å². The first kappa shape index (κ1) is 14.6. The number of hydrogen-bond donors (Lipinski definition) is 1. The molecule has 1 rings (SSSR count). The molecule has 0 radical (unpaired) electrons. The van der Waals surface area contributed by atoms with Crippen molar-refractivity contribution in [2.75, 3.05) is 13.1 Å². The summed E-state index contributed by atoms with van der Waals surface area (Å²) < 4.78 is 0. The molecule has 100 valence electrons. The summed E-state index contributed by atoms with van der Waals surface area (Å²) in [4.78, 5) is 17.2. The fourth-order valence-corrected chi connectivity index (χ4v) is 1.94. The molecule has 0 spiro atoms. The number of nitrogens with zero attached hydrogens (tertiary/aromatic N) is 2. The topological polar surface area (TPSA) is 53.4 Å². The Morgan fingerprint density at radius 1 is 1.39 bits per heavy atom. The highest BCUT2D eigenvalue weighted by molar-refractivity contribution is 5.69. The van der Waals surface area contributed by atoms with Crippen LogP contribution in [0.1, 0.15) is 26.3 Å². The zero-order valence-electron chi connectivity index (χ0n) is 11.3. The van der Waals surface area contributed by atoms with Gasteiger partial charge in [0.2, 0.25) is 0 Å². The van der Waals surface area contributed by atoms with Crippen molar-refractivity contribution in [3.8, 4) is 0 Å². The van der Waals surface area contributed by atoms with Gasteiger partial charge < -0.3 is 5.11 Å². The molecule has 18 heavy (non-hydrogen) atoms. The molecule has 1 atom stereocenters. The third kappa shape index (κ3) is 5.27. The van der Waals surface area contributed by atoms with Crippen LogP contribution in [0.3, 0.4) is 0 Å². The molecule has 1 heterocycles. The molecular weight excluding hydrogens is 228 g/mol. The van der Waals surface area contributed by atoms with E-state index in [1.807, 2.05) is 18.3 Å². The van der Waals surface area contributed by atoms with Crippen molar-refractivity contribution in [3.05, 3.63) is 30.1 Å². The number of aromatic nitrogens is 1. The molecule has 1 aromatic heterocycles. The molecule has 4 nitrogen and oxygen atoms in total. The maximum absolute atomic E-state index is 10.9. The summed E-state index contributed by atoms with van der Waals surface area (Å²) in [6.07, 6.45) is 3.58. The first-order chi connectivity index (χ1) is 8.49. The SMILES string of the molecule is CC(C)CN(Cc1cccnc1)CC(C)C(=O)O.